The average molecular weight is 324 g/mol. The second kappa shape index (κ2) is 6.80. The summed E-state index contributed by atoms with van der Waals surface area (Å²) < 4.78 is 5.86. The van der Waals surface area contributed by atoms with Gasteiger partial charge in [0.1, 0.15) is 0 Å². The van der Waals surface area contributed by atoms with Crippen LogP contribution in [0.5, 0.6) is 0 Å². The Morgan fingerprint density at radius 1 is 0.957 bits per heavy atom. The normalized spacial score (nSPS) is 23.3. The first kappa shape index (κ1) is 18.2. The van der Waals surface area contributed by atoms with Gasteiger partial charge in [0.05, 0.1) is 12.7 Å². The van der Waals surface area contributed by atoms with Crippen LogP contribution in [0.1, 0.15) is 53.9 Å². The number of likely N-dealkylation sites (tertiary alicyclic amines) is 1. The van der Waals surface area contributed by atoms with Gasteiger partial charge in [-0.25, -0.2) is 0 Å². The topological polar surface area (TPSA) is 49.9 Å². The molecule has 0 radical (unpaired) electrons. The molecule has 2 aliphatic rings. The quantitative estimate of drug-likeness (QED) is 0.800. The molecule has 5 nitrogen and oxygen atoms in total. The second-order valence-electron chi connectivity index (χ2n) is 8.58. The fourth-order valence-electron chi connectivity index (χ4n) is 3.51. The van der Waals surface area contributed by atoms with Crippen LogP contribution < -0.4 is 0 Å². The van der Waals surface area contributed by atoms with E-state index in [1.165, 1.54) is 0 Å². The lowest BCUT2D eigenvalue weighted by molar-refractivity contribution is -0.150. The number of hydrogen-bond donors (Lipinski definition) is 0. The number of rotatable bonds is 3. The highest BCUT2D eigenvalue weighted by atomic mass is 16.5. The van der Waals surface area contributed by atoms with Gasteiger partial charge in [0, 0.05) is 37.0 Å². The highest BCUT2D eigenvalue weighted by Gasteiger charge is 2.38. The van der Waals surface area contributed by atoms with E-state index in [9.17, 15) is 9.59 Å². The Balaban J connectivity index is 1.96. The molecule has 132 valence electrons. The average Bonchev–Trinajstić information content (AvgIpc) is 2.98. The molecule has 2 aliphatic heterocycles. The summed E-state index contributed by atoms with van der Waals surface area (Å²) in [5, 5.41) is 0. The maximum Gasteiger partial charge on any atom is 0.228 e. The summed E-state index contributed by atoms with van der Waals surface area (Å²) in [5.74, 6) is 0.382. The molecule has 0 aromatic carbocycles. The van der Waals surface area contributed by atoms with Crippen LogP contribution in [0.15, 0.2) is 0 Å². The van der Waals surface area contributed by atoms with Gasteiger partial charge in [-0.2, -0.15) is 0 Å². The molecule has 2 heterocycles. The number of amides is 2. The highest BCUT2D eigenvalue weighted by Crippen LogP contribution is 2.30. The molecule has 0 saturated carbocycles. The number of nitrogens with zero attached hydrogens (tertiary/aromatic N) is 2. The van der Waals surface area contributed by atoms with Crippen LogP contribution in [-0.2, 0) is 14.3 Å². The largest absolute Gasteiger partial charge is 0.375 e. The molecule has 0 aromatic rings. The Morgan fingerprint density at radius 3 is 2.13 bits per heavy atom. The molecule has 0 N–H and O–H groups in total. The van der Waals surface area contributed by atoms with Crippen LogP contribution in [0, 0.1) is 10.8 Å². The van der Waals surface area contributed by atoms with E-state index >= 15 is 0 Å². The minimum atomic E-state index is -0.442. The summed E-state index contributed by atoms with van der Waals surface area (Å²) >= 11 is 0. The maximum absolute atomic E-state index is 12.7. The molecule has 0 aromatic heterocycles. The number of carbonyl (C=O) groups is 2. The third-order valence-electron chi connectivity index (χ3n) is 4.78. The van der Waals surface area contributed by atoms with Gasteiger partial charge < -0.3 is 14.5 Å². The Kier molecular flexibility index (Phi) is 5.39. The van der Waals surface area contributed by atoms with Crippen molar-refractivity contribution >= 4 is 11.8 Å². The van der Waals surface area contributed by atoms with Crippen LogP contribution in [-0.4, -0.2) is 60.5 Å². The van der Waals surface area contributed by atoms with Gasteiger partial charge in [-0.3, -0.25) is 9.59 Å². The predicted octanol–water partition coefficient (Wildman–Crippen LogP) is 2.30. The molecule has 2 amide bonds. The van der Waals surface area contributed by atoms with Gasteiger partial charge in [0.2, 0.25) is 11.8 Å². The fourth-order valence-corrected chi connectivity index (χ4v) is 3.51. The first-order valence-corrected chi connectivity index (χ1v) is 8.81. The van der Waals surface area contributed by atoms with E-state index in [1.807, 2.05) is 44.4 Å². The smallest absolute Gasteiger partial charge is 0.228 e. The minimum absolute atomic E-state index is 0.0587. The number of morpholine rings is 1. The Bertz CT molecular complexity index is 448. The van der Waals surface area contributed by atoms with Crippen LogP contribution in [0.25, 0.3) is 0 Å². The van der Waals surface area contributed by atoms with Crippen molar-refractivity contribution in [1.82, 2.24) is 9.80 Å². The summed E-state index contributed by atoms with van der Waals surface area (Å²) in [6.45, 7) is 13.4. The summed E-state index contributed by atoms with van der Waals surface area (Å²) in [4.78, 5) is 29.0. The molecule has 0 spiro atoms. The van der Waals surface area contributed by atoms with Gasteiger partial charge in [0.25, 0.3) is 0 Å². The van der Waals surface area contributed by atoms with Crippen molar-refractivity contribution in [1.29, 1.82) is 0 Å². The predicted molar refractivity (Wildman–Crippen MR) is 90.0 cm³/mol. The van der Waals surface area contributed by atoms with E-state index in [0.29, 0.717) is 26.1 Å². The van der Waals surface area contributed by atoms with Gasteiger partial charge in [0.15, 0.2) is 0 Å². The zero-order chi connectivity index (χ0) is 17.3. The van der Waals surface area contributed by atoms with Crippen molar-refractivity contribution in [3.8, 4) is 0 Å². The molecule has 0 bridgehead atoms. The first-order chi connectivity index (χ1) is 10.6. The van der Waals surface area contributed by atoms with Gasteiger partial charge in [-0.1, -0.05) is 34.6 Å². The molecular formula is C18H32N2O3. The fraction of sp³-hybridized carbons (Fsp3) is 0.889. The SMILES string of the molecule is CC(C)(C)C(=O)N1CCOC(CC(C)(C)C(=O)N2CCCC2)C1. The molecule has 1 atom stereocenters. The van der Waals surface area contributed by atoms with Gasteiger partial charge >= 0.3 is 0 Å². The summed E-state index contributed by atoms with van der Waals surface area (Å²) in [6.07, 6.45) is 2.82. The molecule has 0 aliphatic carbocycles. The van der Waals surface area contributed by atoms with Crippen molar-refractivity contribution in [3.05, 3.63) is 0 Å². The third-order valence-corrected chi connectivity index (χ3v) is 4.78. The van der Waals surface area contributed by atoms with Crippen LogP contribution in [0.3, 0.4) is 0 Å². The van der Waals surface area contributed by atoms with E-state index in [2.05, 4.69) is 0 Å². The van der Waals surface area contributed by atoms with Crippen molar-refractivity contribution in [3.63, 3.8) is 0 Å². The van der Waals surface area contributed by atoms with Gasteiger partial charge in [-0.05, 0) is 19.3 Å². The molecule has 1 unspecified atom stereocenters. The molecule has 23 heavy (non-hydrogen) atoms. The summed E-state index contributed by atoms with van der Waals surface area (Å²) in [7, 11) is 0. The van der Waals surface area contributed by atoms with E-state index in [1.54, 1.807) is 0 Å². The Hall–Kier alpha value is -1.10. The van der Waals surface area contributed by atoms with E-state index < -0.39 is 5.41 Å². The van der Waals surface area contributed by atoms with Crippen molar-refractivity contribution < 1.29 is 14.3 Å². The van der Waals surface area contributed by atoms with Crippen LogP contribution in [0.4, 0.5) is 0 Å². The monoisotopic (exact) mass is 324 g/mol. The van der Waals surface area contributed by atoms with Crippen molar-refractivity contribution in [2.75, 3.05) is 32.8 Å². The summed E-state index contributed by atoms with van der Waals surface area (Å²) in [6, 6.07) is 0. The van der Waals surface area contributed by atoms with E-state index in [-0.39, 0.29) is 23.3 Å². The maximum atomic E-state index is 12.7. The highest BCUT2D eigenvalue weighted by molar-refractivity contribution is 5.82. The number of ether oxygens (including phenoxy) is 1. The zero-order valence-corrected chi connectivity index (χ0v) is 15.4. The second-order valence-corrected chi connectivity index (χ2v) is 8.58. The molecule has 2 fully saturated rings. The Morgan fingerprint density at radius 2 is 1.57 bits per heavy atom. The van der Waals surface area contributed by atoms with Gasteiger partial charge in [-0.15, -0.1) is 0 Å². The molecule has 2 saturated heterocycles. The van der Waals surface area contributed by atoms with E-state index in [4.69, 9.17) is 4.74 Å². The van der Waals surface area contributed by atoms with Crippen LogP contribution >= 0.6 is 0 Å². The minimum Gasteiger partial charge on any atom is -0.375 e. The van der Waals surface area contributed by atoms with Crippen LogP contribution in [0.2, 0.25) is 0 Å². The van der Waals surface area contributed by atoms with Crippen molar-refractivity contribution in [2.45, 2.75) is 60.0 Å². The lowest BCUT2D eigenvalue weighted by atomic mass is 9.84. The number of hydrogen-bond acceptors (Lipinski definition) is 3. The molecular weight excluding hydrogens is 292 g/mol. The zero-order valence-electron chi connectivity index (χ0n) is 15.4. The molecule has 2 rings (SSSR count). The first-order valence-electron chi connectivity index (χ1n) is 8.81. The standard InChI is InChI=1S/C18H32N2O3/c1-17(2,3)15(21)20-10-11-23-14(13-20)12-18(4,5)16(22)19-8-6-7-9-19/h14H,6-13H2,1-5H3. The lowest BCUT2D eigenvalue weighted by Gasteiger charge is -2.39. The lowest BCUT2D eigenvalue weighted by Crippen LogP contribution is -2.51. The number of carbonyl (C=O) groups excluding carboxylic acids is 2. The summed E-state index contributed by atoms with van der Waals surface area (Å²) in [5.41, 5.74) is -0.814. The Labute approximate surface area is 140 Å². The van der Waals surface area contributed by atoms with E-state index in [0.717, 1.165) is 25.9 Å². The molecule has 5 heteroatoms. The van der Waals surface area contributed by atoms with Crippen molar-refractivity contribution in [2.24, 2.45) is 10.8 Å². The third kappa shape index (κ3) is 4.46.